The van der Waals surface area contributed by atoms with Crippen LogP contribution >= 0.6 is 11.6 Å². The molecule has 0 aliphatic heterocycles. The third kappa shape index (κ3) is 4.05. The van der Waals surface area contributed by atoms with E-state index in [9.17, 15) is 9.18 Å². The molecule has 0 aromatic heterocycles. The fourth-order valence-corrected chi connectivity index (χ4v) is 1.76. The Labute approximate surface area is 133 Å². The molecule has 22 heavy (non-hydrogen) atoms. The van der Waals surface area contributed by atoms with Crippen molar-refractivity contribution in [2.45, 2.75) is 6.92 Å². The van der Waals surface area contributed by atoms with Crippen molar-refractivity contribution < 1.29 is 13.9 Å². The van der Waals surface area contributed by atoms with E-state index in [1.807, 2.05) is 0 Å². The standard InChI is InChI=1S/C16H16ClFN2O2/c1-5-12(9(2)16(21)22-4)15(19)20-10(3)11-6-7-13(17)14(18)8-11/h5-8H,1-2,19H2,3-4H3/b15-12-,20-10?. The van der Waals surface area contributed by atoms with Gasteiger partial charge in [-0.05, 0) is 24.6 Å². The first-order chi connectivity index (χ1) is 10.3. The van der Waals surface area contributed by atoms with Crippen molar-refractivity contribution in [3.63, 3.8) is 0 Å². The molecule has 0 spiro atoms. The number of benzene rings is 1. The average molecular weight is 323 g/mol. The van der Waals surface area contributed by atoms with Crippen LogP contribution in [0.15, 0.2) is 59.4 Å². The molecule has 1 aromatic rings. The average Bonchev–Trinajstić information content (AvgIpc) is 2.49. The third-order valence-corrected chi connectivity index (χ3v) is 3.17. The van der Waals surface area contributed by atoms with Crippen molar-refractivity contribution >= 4 is 23.3 Å². The molecule has 0 fully saturated rings. The second-order valence-electron chi connectivity index (χ2n) is 4.30. The van der Waals surface area contributed by atoms with Crippen molar-refractivity contribution in [2.24, 2.45) is 10.7 Å². The fraction of sp³-hybridized carbons (Fsp3) is 0.125. The van der Waals surface area contributed by atoms with Gasteiger partial charge in [0.2, 0.25) is 0 Å². The SMILES string of the molecule is C=C/C(C(=C)C(=O)OC)=C(\N)N=C(C)c1ccc(Cl)c(F)c1. The predicted octanol–water partition coefficient (Wildman–Crippen LogP) is 3.37. The third-order valence-electron chi connectivity index (χ3n) is 2.86. The number of rotatable bonds is 5. The molecule has 1 aromatic carbocycles. The first-order valence-corrected chi connectivity index (χ1v) is 6.60. The molecule has 2 N–H and O–H groups in total. The normalized spacial score (nSPS) is 12.5. The first kappa shape index (κ1) is 17.7. The summed E-state index contributed by atoms with van der Waals surface area (Å²) in [5, 5.41) is 0.0194. The minimum atomic E-state index is -0.636. The van der Waals surface area contributed by atoms with E-state index in [2.05, 4.69) is 22.9 Å². The van der Waals surface area contributed by atoms with E-state index in [4.69, 9.17) is 17.3 Å². The van der Waals surface area contributed by atoms with Crippen molar-refractivity contribution in [1.82, 2.24) is 0 Å². The summed E-state index contributed by atoms with van der Waals surface area (Å²) in [7, 11) is 1.23. The van der Waals surface area contributed by atoms with E-state index in [1.165, 1.54) is 25.3 Å². The Morgan fingerprint density at radius 1 is 1.50 bits per heavy atom. The van der Waals surface area contributed by atoms with Crippen LogP contribution in [-0.2, 0) is 9.53 Å². The van der Waals surface area contributed by atoms with Crippen LogP contribution in [0.5, 0.6) is 0 Å². The second-order valence-corrected chi connectivity index (χ2v) is 4.71. The highest BCUT2D eigenvalue weighted by Gasteiger charge is 2.13. The number of carbonyl (C=O) groups excluding carboxylic acids is 1. The highest BCUT2D eigenvalue weighted by molar-refractivity contribution is 6.30. The smallest absolute Gasteiger partial charge is 0.337 e. The largest absolute Gasteiger partial charge is 0.465 e. The Balaban J connectivity index is 3.24. The molecule has 0 aliphatic rings. The Hall–Kier alpha value is -2.40. The lowest BCUT2D eigenvalue weighted by Gasteiger charge is -2.08. The molecular formula is C16H16ClFN2O2. The molecule has 0 saturated heterocycles. The summed E-state index contributed by atoms with van der Waals surface area (Å²) in [6, 6.07) is 4.28. The van der Waals surface area contributed by atoms with Gasteiger partial charge in [-0.1, -0.05) is 36.9 Å². The van der Waals surface area contributed by atoms with Gasteiger partial charge in [-0.3, -0.25) is 0 Å². The van der Waals surface area contributed by atoms with Crippen molar-refractivity contribution in [1.29, 1.82) is 0 Å². The van der Waals surface area contributed by atoms with Gasteiger partial charge >= 0.3 is 5.97 Å². The highest BCUT2D eigenvalue weighted by Crippen LogP contribution is 2.18. The summed E-state index contributed by atoms with van der Waals surface area (Å²) in [4.78, 5) is 15.6. The van der Waals surface area contributed by atoms with Crippen molar-refractivity contribution in [3.05, 3.63) is 70.8 Å². The second kappa shape index (κ2) is 7.56. The number of nitrogens with zero attached hydrogens (tertiary/aromatic N) is 1. The Morgan fingerprint density at radius 2 is 2.14 bits per heavy atom. The van der Waals surface area contributed by atoms with Gasteiger partial charge in [-0.25, -0.2) is 14.2 Å². The maximum absolute atomic E-state index is 13.5. The monoisotopic (exact) mass is 322 g/mol. The molecule has 116 valence electrons. The Morgan fingerprint density at radius 3 is 2.64 bits per heavy atom. The topological polar surface area (TPSA) is 64.7 Å². The van der Waals surface area contributed by atoms with Crippen LogP contribution in [0, 0.1) is 5.82 Å². The molecule has 0 radical (unpaired) electrons. The summed E-state index contributed by atoms with van der Waals surface area (Å²) >= 11 is 5.63. The van der Waals surface area contributed by atoms with Crippen LogP contribution in [0.25, 0.3) is 0 Å². The van der Waals surface area contributed by atoms with Gasteiger partial charge in [0.05, 0.1) is 17.7 Å². The highest BCUT2D eigenvalue weighted by atomic mass is 35.5. The lowest BCUT2D eigenvalue weighted by Crippen LogP contribution is -2.10. The first-order valence-electron chi connectivity index (χ1n) is 6.22. The Bertz CT molecular complexity index is 693. The quantitative estimate of drug-likeness (QED) is 0.391. The van der Waals surface area contributed by atoms with Gasteiger partial charge < -0.3 is 10.5 Å². The zero-order valence-corrected chi connectivity index (χ0v) is 13.1. The van der Waals surface area contributed by atoms with E-state index < -0.39 is 11.8 Å². The van der Waals surface area contributed by atoms with E-state index in [0.29, 0.717) is 11.3 Å². The lowest BCUT2D eigenvalue weighted by atomic mass is 10.1. The van der Waals surface area contributed by atoms with Gasteiger partial charge in [0.1, 0.15) is 11.6 Å². The van der Waals surface area contributed by atoms with Crippen LogP contribution in [0.3, 0.4) is 0 Å². The van der Waals surface area contributed by atoms with E-state index in [-0.39, 0.29) is 22.0 Å². The fourth-order valence-electron chi connectivity index (χ4n) is 1.64. The lowest BCUT2D eigenvalue weighted by molar-refractivity contribution is -0.135. The van der Waals surface area contributed by atoms with Crippen LogP contribution in [0.1, 0.15) is 12.5 Å². The van der Waals surface area contributed by atoms with Crippen LogP contribution in [0.4, 0.5) is 4.39 Å². The zero-order valence-electron chi connectivity index (χ0n) is 12.3. The van der Waals surface area contributed by atoms with Crippen LogP contribution in [-0.4, -0.2) is 18.8 Å². The number of allylic oxidation sites excluding steroid dienone is 1. The summed E-state index contributed by atoms with van der Waals surface area (Å²) < 4.78 is 18.0. The molecule has 0 saturated carbocycles. The number of hydrogen-bond acceptors (Lipinski definition) is 4. The number of ether oxygens (including phenoxy) is 1. The maximum atomic E-state index is 13.5. The number of nitrogens with two attached hydrogens (primary N) is 1. The minimum Gasteiger partial charge on any atom is -0.465 e. The van der Waals surface area contributed by atoms with Gasteiger partial charge in [0.15, 0.2) is 0 Å². The van der Waals surface area contributed by atoms with Gasteiger partial charge in [-0.2, -0.15) is 0 Å². The molecule has 0 unspecified atom stereocenters. The molecule has 0 heterocycles. The van der Waals surface area contributed by atoms with E-state index in [1.54, 1.807) is 13.0 Å². The van der Waals surface area contributed by atoms with E-state index >= 15 is 0 Å². The summed E-state index contributed by atoms with van der Waals surface area (Å²) in [5.41, 5.74) is 7.11. The van der Waals surface area contributed by atoms with Gasteiger partial charge in [-0.15, -0.1) is 0 Å². The summed E-state index contributed by atoms with van der Waals surface area (Å²) in [6.07, 6.45) is 1.35. The predicted molar refractivity (Wildman–Crippen MR) is 86.2 cm³/mol. The van der Waals surface area contributed by atoms with Gasteiger partial charge in [0.25, 0.3) is 0 Å². The number of esters is 1. The number of carbonyl (C=O) groups is 1. The summed E-state index contributed by atoms with van der Waals surface area (Å²) in [5.74, 6) is -1.17. The zero-order chi connectivity index (χ0) is 16.9. The van der Waals surface area contributed by atoms with Crippen LogP contribution < -0.4 is 5.73 Å². The minimum absolute atomic E-state index is 0.0194. The number of aliphatic imine (C=N–C) groups is 1. The number of methoxy groups -OCH3 is 1. The van der Waals surface area contributed by atoms with Crippen molar-refractivity contribution in [3.8, 4) is 0 Å². The molecule has 1 rings (SSSR count). The van der Waals surface area contributed by atoms with Gasteiger partial charge in [0, 0.05) is 11.3 Å². The number of hydrogen-bond donors (Lipinski definition) is 1. The summed E-state index contributed by atoms with van der Waals surface area (Å²) in [6.45, 7) is 8.82. The maximum Gasteiger partial charge on any atom is 0.337 e. The van der Waals surface area contributed by atoms with Crippen LogP contribution in [0.2, 0.25) is 5.02 Å². The van der Waals surface area contributed by atoms with E-state index in [0.717, 1.165) is 0 Å². The molecule has 0 amide bonds. The molecule has 0 bridgehead atoms. The molecular weight excluding hydrogens is 307 g/mol. The Kier molecular flexibility index (Phi) is 6.07. The molecule has 0 aliphatic carbocycles. The molecule has 0 atom stereocenters. The number of halogens is 2. The molecule has 6 heteroatoms. The van der Waals surface area contributed by atoms with Crippen molar-refractivity contribution in [2.75, 3.05) is 7.11 Å². The molecule has 4 nitrogen and oxygen atoms in total.